The first kappa shape index (κ1) is 3.31. The van der Waals surface area contributed by atoms with Crippen LogP contribution in [0.25, 0.3) is 0 Å². The van der Waals surface area contributed by atoms with Crippen molar-refractivity contribution in [2.24, 2.45) is 0 Å². The Hall–Kier alpha value is 0.250. The van der Waals surface area contributed by atoms with Crippen molar-refractivity contribution in [1.29, 1.82) is 0 Å². The van der Waals surface area contributed by atoms with Gasteiger partial charge in [-0.1, -0.05) is 0 Å². The van der Waals surface area contributed by atoms with Crippen molar-refractivity contribution in [2.45, 2.75) is 12.8 Å². The third kappa shape index (κ3) is 2.15. The van der Waals surface area contributed by atoms with Gasteiger partial charge in [0, 0.05) is 4.11 Å². The molecule has 0 radical (unpaired) electrons. The van der Waals surface area contributed by atoms with E-state index in [2.05, 4.69) is 0 Å². The second kappa shape index (κ2) is 3.28. The number of hydrogen-bond donors (Lipinski definition) is 0. The lowest BCUT2D eigenvalue weighted by molar-refractivity contribution is 0.418. The van der Waals surface area contributed by atoms with E-state index in [1.54, 1.807) is 4.90 Å². The second-order valence-corrected chi connectivity index (χ2v) is 1.69. The molecule has 2 heteroatoms. The maximum absolute atomic E-state index is 6.99. The van der Waals surface area contributed by atoms with Crippen LogP contribution in [-0.4, -0.2) is 25.0 Å². The van der Waals surface area contributed by atoms with Gasteiger partial charge in [-0.2, -0.15) is 0 Å². The minimum absolute atomic E-state index is 0. The zero-order valence-electron chi connectivity index (χ0n) is 7.18. The van der Waals surface area contributed by atoms with Crippen LogP contribution in [0.2, 0.25) is 0 Å². The smallest absolute Gasteiger partial charge is 0.0394 e. The van der Waals surface area contributed by atoms with Gasteiger partial charge in [0.15, 0.2) is 0 Å². The van der Waals surface area contributed by atoms with Gasteiger partial charge in [0.1, 0.15) is 0 Å². The fourth-order valence-electron chi connectivity index (χ4n) is 0.717. The molecule has 0 amide bonds. The highest BCUT2D eigenvalue weighted by atomic mass is 35.5. The molecule has 1 aliphatic heterocycles. The van der Waals surface area contributed by atoms with Crippen molar-refractivity contribution in [3.63, 3.8) is 0 Å². The molecule has 1 fully saturated rings. The van der Waals surface area contributed by atoms with E-state index in [0.29, 0.717) is 0 Å². The average molecular weight is 125 g/mol. The van der Waals surface area contributed by atoms with Gasteiger partial charge in [-0.15, -0.1) is 12.4 Å². The number of nitrogens with zero attached hydrogens (tertiary/aromatic N) is 1. The van der Waals surface area contributed by atoms with E-state index in [1.165, 1.54) is 0 Å². The molecule has 0 spiro atoms. The van der Waals surface area contributed by atoms with Crippen LogP contribution in [-0.2, 0) is 0 Å². The predicted octanol–water partition coefficient (Wildman–Crippen LogP) is 1.13. The van der Waals surface area contributed by atoms with Crippen molar-refractivity contribution in [1.82, 2.24) is 4.90 Å². The highest BCUT2D eigenvalue weighted by molar-refractivity contribution is 5.85. The van der Waals surface area contributed by atoms with Crippen LogP contribution in [0.3, 0.4) is 0 Å². The molecule has 44 valence electrons. The molecule has 0 N–H and O–H groups in total. The summed E-state index contributed by atoms with van der Waals surface area (Å²) in [5, 5.41) is 0. The first-order valence-electron chi connectivity index (χ1n) is 3.86. The Morgan fingerprint density at radius 3 is 2.29 bits per heavy atom. The van der Waals surface area contributed by atoms with E-state index in [9.17, 15) is 0 Å². The maximum Gasteiger partial charge on any atom is 0.0394 e. The van der Waals surface area contributed by atoms with Gasteiger partial charge in [-0.25, -0.2) is 0 Å². The minimum atomic E-state index is -1.84. The van der Waals surface area contributed by atoms with Crippen molar-refractivity contribution in [3.8, 4) is 0 Å². The topological polar surface area (TPSA) is 3.24 Å². The Kier molecular flexibility index (Phi) is 1.55. The Morgan fingerprint density at radius 1 is 1.43 bits per heavy atom. The summed E-state index contributed by atoms with van der Waals surface area (Å²) in [5.74, 6) is 0. The van der Waals surface area contributed by atoms with E-state index in [4.69, 9.17) is 4.11 Å². The molecular weight excluding hydrogens is 110 g/mol. The van der Waals surface area contributed by atoms with Gasteiger partial charge in [-0.05, 0) is 32.9 Å². The van der Waals surface area contributed by atoms with Crippen LogP contribution in [0.1, 0.15) is 17.0 Å². The fourth-order valence-corrected chi connectivity index (χ4v) is 0.717. The highest BCUT2D eigenvalue weighted by Gasteiger charge is 2.03. The molecule has 0 atom stereocenters. The van der Waals surface area contributed by atoms with Crippen LogP contribution < -0.4 is 0 Å². The molecule has 0 unspecified atom stereocenters. The number of hydrogen-bond acceptors (Lipinski definition) is 1. The molecule has 7 heavy (non-hydrogen) atoms. The van der Waals surface area contributed by atoms with Crippen LogP contribution in [0.5, 0.6) is 0 Å². The molecule has 0 aliphatic carbocycles. The summed E-state index contributed by atoms with van der Waals surface area (Å²) in [6.45, 7) is -0.344. The molecule has 0 aromatic carbocycles. The van der Waals surface area contributed by atoms with E-state index in [-0.39, 0.29) is 12.4 Å². The Balaban J connectivity index is 0.000000810. The van der Waals surface area contributed by atoms with Crippen molar-refractivity contribution < 1.29 is 4.11 Å². The Bertz CT molecular complexity index is 97.6. The lowest BCUT2D eigenvalue weighted by Crippen LogP contribution is -2.10. The summed E-state index contributed by atoms with van der Waals surface area (Å²) in [7, 11) is 0. The van der Waals surface area contributed by atoms with Gasteiger partial charge in [0.25, 0.3) is 0 Å². The van der Waals surface area contributed by atoms with Crippen LogP contribution in [0, 0.1) is 0 Å². The van der Waals surface area contributed by atoms with E-state index < -0.39 is 6.98 Å². The lowest BCUT2D eigenvalue weighted by atomic mass is 10.4. The van der Waals surface area contributed by atoms with Crippen LogP contribution in [0.15, 0.2) is 0 Å². The fraction of sp³-hybridized carbons (Fsp3) is 1.00. The predicted molar refractivity (Wildman–Crippen MR) is 34.0 cm³/mol. The number of likely N-dealkylation sites (tertiary alicyclic amines) is 1. The van der Waals surface area contributed by atoms with Crippen LogP contribution in [0.4, 0.5) is 0 Å². The molecule has 1 heterocycles. The zero-order chi connectivity index (χ0) is 6.91. The second-order valence-electron chi connectivity index (χ2n) is 1.69. The first-order chi connectivity index (χ1) is 4.11. The van der Waals surface area contributed by atoms with E-state index in [0.717, 1.165) is 25.9 Å². The normalized spacial score (nSPS) is 30.0. The third-order valence-electron chi connectivity index (χ3n) is 1.11. The molecular formula is C5H12ClN. The summed E-state index contributed by atoms with van der Waals surface area (Å²) in [6.07, 6.45) is 2.08. The quantitative estimate of drug-likeness (QED) is 0.468. The van der Waals surface area contributed by atoms with E-state index in [1.807, 2.05) is 0 Å². The summed E-state index contributed by atoms with van der Waals surface area (Å²) < 4.78 is 21.0. The van der Waals surface area contributed by atoms with Crippen LogP contribution >= 0.6 is 12.4 Å². The van der Waals surface area contributed by atoms with Crippen molar-refractivity contribution in [3.05, 3.63) is 0 Å². The van der Waals surface area contributed by atoms with Gasteiger partial charge < -0.3 is 4.90 Å². The first-order valence-corrected chi connectivity index (χ1v) is 2.36. The molecule has 1 rings (SSSR count). The number of halogens is 1. The van der Waals surface area contributed by atoms with E-state index >= 15 is 0 Å². The molecule has 0 saturated carbocycles. The summed E-state index contributed by atoms with van der Waals surface area (Å²) in [5.41, 5.74) is 0. The standard InChI is InChI=1S/C5H11N.ClH/c1-6-4-2-3-5-6;/h2-5H2,1H3;1H/i1D3;. The number of rotatable bonds is 0. The summed E-state index contributed by atoms with van der Waals surface area (Å²) >= 11 is 0. The van der Waals surface area contributed by atoms with Crippen molar-refractivity contribution in [2.75, 3.05) is 20.1 Å². The summed E-state index contributed by atoms with van der Waals surface area (Å²) in [6, 6.07) is 0. The maximum atomic E-state index is 6.99. The zero-order valence-corrected chi connectivity index (χ0v) is 5.00. The average Bonchev–Trinajstić information content (AvgIpc) is 2.08. The molecule has 0 aromatic heterocycles. The molecule has 1 aliphatic rings. The highest BCUT2D eigenvalue weighted by Crippen LogP contribution is 2.01. The third-order valence-corrected chi connectivity index (χ3v) is 1.11. The van der Waals surface area contributed by atoms with Gasteiger partial charge in [0.05, 0.1) is 0 Å². The van der Waals surface area contributed by atoms with Gasteiger partial charge in [-0.3, -0.25) is 0 Å². The Labute approximate surface area is 55.3 Å². The molecule has 1 nitrogen and oxygen atoms in total. The van der Waals surface area contributed by atoms with Gasteiger partial charge >= 0.3 is 0 Å². The molecule has 0 aromatic rings. The van der Waals surface area contributed by atoms with Crippen molar-refractivity contribution >= 4 is 12.4 Å². The Morgan fingerprint density at radius 2 is 2.00 bits per heavy atom. The lowest BCUT2D eigenvalue weighted by Gasteiger charge is -2.01. The minimum Gasteiger partial charge on any atom is -0.306 e. The summed E-state index contributed by atoms with van der Waals surface area (Å²) in [4.78, 5) is 1.55. The SMILES string of the molecule is Cl.[2H]C([2H])([2H])N1CCCC1. The monoisotopic (exact) mass is 124 g/mol. The molecule has 0 bridgehead atoms. The van der Waals surface area contributed by atoms with Gasteiger partial charge in [0.2, 0.25) is 0 Å². The molecule has 1 saturated heterocycles. The largest absolute Gasteiger partial charge is 0.306 e.